The van der Waals surface area contributed by atoms with Crippen molar-refractivity contribution in [3.8, 4) is 5.75 Å². The predicted octanol–water partition coefficient (Wildman–Crippen LogP) is 0.902. The van der Waals surface area contributed by atoms with Gasteiger partial charge in [-0.3, -0.25) is 4.90 Å². The summed E-state index contributed by atoms with van der Waals surface area (Å²) in [6.07, 6.45) is 0. The molecule has 2 N–H and O–H groups in total. The molecule has 0 aromatic heterocycles. The van der Waals surface area contributed by atoms with Crippen LogP contribution in [0.25, 0.3) is 0 Å². The molecule has 0 aliphatic carbocycles. The first-order chi connectivity index (χ1) is 9.22. The average Bonchev–Trinajstić information content (AvgIpc) is 2.40. The van der Waals surface area contributed by atoms with Crippen molar-refractivity contribution in [1.29, 1.82) is 0 Å². The molecule has 1 aliphatic rings. The van der Waals surface area contributed by atoms with Crippen molar-refractivity contribution in [3.05, 3.63) is 29.8 Å². The lowest BCUT2D eigenvalue weighted by atomic mass is 10.0. The van der Waals surface area contributed by atoms with Crippen molar-refractivity contribution in [3.63, 3.8) is 0 Å². The van der Waals surface area contributed by atoms with E-state index in [4.69, 9.17) is 4.74 Å². The third-order valence-electron chi connectivity index (χ3n) is 3.21. The van der Waals surface area contributed by atoms with Crippen molar-refractivity contribution in [2.24, 2.45) is 0 Å². The number of aromatic hydroxyl groups is 1. The van der Waals surface area contributed by atoms with Crippen LogP contribution in [0.15, 0.2) is 24.3 Å². The molecule has 0 bridgehead atoms. The molecule has 0 amide bonds. The molecule has 5 heteroatoms. The highest BCUT2D eigenvalue weighted by atomic mass is 16.5. The molecular formula is C14H20N2O3. The van der Waals surface area contributed by atoms with Gasteiger partial charge in [0.15, 0.2) is 0 Å². The Morgan fingerprint density at radius 1 is 1.47 bits per heavy atom. The van der Waals surface area contributed by atoms with Gasteiger partial charge in [-0.25, -0.2) is 4.79 Å². The van der Waals surface area contributed by atoms with Gasteiger partial charge in [-0.05, 0) is 24.6 Å². The normalized spacial score (nSPS) is 17.9. The monoisotopic (exact) mass is 264 g/mol. The van der Waals surface area contributed by atoms with E-state index in [1.165, 1.54) is 0 Å². The molecule has 1 atom stereocenters. The van der Waals surface area contributed by atoms with Crippen molar-refractivity contribution < 1.29 is 14.6 Å². The molecule has 1 unspecified atom stereocenters. The summed E-state index contributed by atoms with van der Waals surface area (Å²) >= 11 is 0. The molecule has 1 fully saturated rings. The van der Waals surface area contributed by atoms with E-state index in [1.807, 2.05) is 6.07 Å². The molecule has 0 spiro atoms. The van der Waals surface area contributed by atoms with Crippen LogP contribution < -0.4 is 5.32 Å². The molecule has 5 nitrogen and oxygen atoms in total. The number of rotatable bonds is 4. The topological polar surface area (TPSA) is 61.8 Å². The number of hydrogen-bond donors (Lipinski definition) is 2. The van der Waals surface area contributed by atoms with E-state index in [2.05, 4.69) is 10.2 Å². The summed E-state index contributed by atoms with van der Waals surface area (Å²) in [7, 11) is 0. The fraction of sp³-hybridized carbons (Fsp3) is 0.500. The zero-order valence-corrected chi connectivity index (χ0v) is 11.1. The average molecular weight is 264 g/mol. The summed E-state index contributed by atoms with van der Waals surface area (Å²) in [5.74, 6) is -0.0862. The molecule has 1 saturated heterocycles. The molecule has 19 heavy (non-hydrogen) atoms. The number of phenols is 1. The lowest BCUT2D eigenvalue weighted by Crippen LogP contribution is -2.47. The Hall–Kier alpha value is -1.59. The molecule has 2 rings (SSSR count). The van der Waals surface area contributed by atoms with E-state index >= 15 is 0 Å². The molecule has 104 valence electrons. The van der Waals surface area contributed by atoms with Gasteiger partial charge in [0.1, 0.15) is 11.8 Å². The molecule has 0 saturated carbocycles. The highest BCUT2D eigenvalue weighted by Crippen LogP contribution is 2.25. The van der Waals surface area contributed by atoms with E-state index in [0.29, 0.717) is 6.61 Å². The molecule has 1 aromatic rings. The number of hydrogen-bond acceptors (Lipinski definition) is 5. The molecule has 1 aliphatic heterocycles. The zero-order valence-electron chi connectivity index (χ0n) is 11.1. The molecule has 0 radical (unpaired) electrons. The minimum atomic E-state index is -0.436. The zero-order chi connectivity index (χ0) is 13.7. The minimum absolute atomic E-state index is 0.168. The van der Waals surface area contributed by atoms with Gasteiger partial charge in [0.2, 0.25) is 0 Å². The highest BCUT2D eigenvalue weighted by molar-refractivity contribution is 5.77. The standard InChI is InChI=1S/C14H20N2O3/c1-2-19-14(18)13(16-8-6-15-7-9-16)11-4-3-5-12(17)10-11/h3-5,10,13,15,17H,2,6-9H2,1H3. The second-order valence-corrected chi connectivity index (χ2v) is 4.54. The Bertz CT molecular complexity index is 430. The van der Waals surface area contributed by atoms with Crippen LogP contribution in [0.1, 0.15) is 18.5 Å². The van der Waals surface area contributed by atoms with Gasteiger partial charge in [0.05, 0.1) is 6.61 Å². The Kier molecular flexibility index (Phi) is 4.76. The third-order valence-corrected chi connectivity index (χ3v) is 3.21. The number of esters is 1. The molecule has 1 aromatic carbocycles. The summed E-state index contributed by atoms with van der Waals surface area (Å²) in [6, 6.07) is 6.39. The Labute approximate surface area is 113 Å². The quantitative estimate of drug-likeness (QED) is 0.791. The summed E-state index contributed by atoms with van der Waals surface area (Å²) in [5, 5.41) is 12.8. The van der Waals surface area contributed by atoms with Gasteiger partial charge in [-0.2, -0.15) is 0 Å². The van der Waals surface area contributed by atoms with E-state index in [0.717, 1.165) is 31.7 Å². The van der Waals surface area contributed by atoms with Crippen LogP contribution in [0.2, 0.25) is 0 Å². The maximum atomic E-state index is 12.2. The van der Waals surface area contributed by atoms with Crippen LogP contribution in [-0.2, 0) is 9.53 Å². The second kappa shape index (κ2) is 6.54. The minimum Gasteiger partial charge on any atom is -0.508 e. The number of phenolic OH excluding ortho intramolecular Hbond substituents is 1. The lowest BCUT2D eigenvalue weighted by Gasteiger charge is -2.33. The summed E-state index contributed by atoms with van der Waals surface area (Å²) < 4.78 is 5.17. The number of carbonyl (C=O) groups excluding carboxylic acids is 1. The van der Waals surface area contributed by atoms with Crippen molar-refractivity contribution in [2.45, 2.75) is 13.0 Å². The number of piperazine rings is 1. The number of carbonyl (C=O) groups is 1. The van der Waals surface area contributed by atoms with Crippen LogP contribution in [0.4, 0.5) is 0 Å². The SMILES string of the molecule is CCOC(=O)C(c1cccc(O)c1)N1CCNCC1. The van der Waals surface area contributed by atoms with Crippen LogP contribution in [0, 0.1) is 0 Å². The van der Waals surface area contributed by atoms with Crippen LogP contribution >= 0.6 is 0 Å². The first-order valence-electron chi connectivity index (χ1n) is 6.62. The van der Waals surface area contributed by atoms with E-state index in [1.54, 1.807) is 25.1 Å². The van der Waals surface area contributed by atoms with E-state index in [9.17, 15) is 9.90 Å². The Morgan fingerprint density at radius 2 is 2.21 bits per heavy atom. The van der Waals surface area contributed by atoms with Crippen molar-refractivity contribution in [1.82, 2.24) is 10.2 Å². The fourth-order valence-corrected chi connectivity index (χ4v) is 2.35. The highest BCUT2D eigenvalue weighted by Gasteiger charge is 2.29. The first-order valence-corrected chi connectivity index (χ1v) is 6.62. The number of ether oxygens (including phenoxy) is 1. The Balaban J connectivity index is 2.24. The van der Waals surface area contributed by atoms with Gasteiger partial charge in [-0.1, -0.05) is 12.1 Å². The third kappa shape index (κ3) is 3.45. The first kappa shape index (κ1) is 13.8. The summed E-state index contributed by atoms with van der Waals surface area (Å²) in [5.41, 5.74) is 0.778. The van der Waals surface area contributed by atoms with Crippen LogP contribution in [0.3, 0.4) is 0 Å². The maximum absolute atomic E-state index is 12.2. The van der Waals surface area contributed by atoms with Gasteiger partial charge in [-0.15, -0.1) is 0 Å². The van der Waals surface area contributed by atoms with E-state index in [-0.39, 0.29) is 11.7 Å². The fourth-order valence-electron chi connectivity index (χ4n) is 2.35. The largest absolute Gasteiger partial charge is 0.508 e. The van der Waals surface area contributed by atoms with Crippen molar-refractivity contribution in [2.75, 3.05) is 32.8 Å². The van der Waals surface area contributed by atoms with Gasteiger partial charge >= 0.3 is 5.97 Å². The molecular weight excluding hydrogens is 244 g/mol. The maximum Gasteiger partial charge on any atom is 0.328 e. The van der Waals surface area contributed by atoms with E-state index < -0.39 is 6.04 Å². The predicted molar refractivity (Wildman–Crippen MR) is 71.9 cm³/mol. The second-order valence-electron chi connectivity index (χ2n) is 4.54. The summed E-state index contributed by atoms with van der Waals surface area (Å²) in [4.78, 5) is 14.3. The smallest absolute Gasteiger partial charge is 0.328 e. The van der Waals surface area contributed by atoms with Crippen LogP contribution in [0.5, 0.6) is 5.75 Å². The number of benzene rings is 1. The van der Waals surface area contributed by atoms with Gasteiger partial charge in [0.25, 0.3) is 0 Å². The Morgan fingerprint density at radius 3 is 2.84 bits per heavy atom. The van der Waals surface area contributed by atoms with Gasteiger partial charge in [0, 0.05) is 26.2 Å². The van der Waals surface area contributed by atoms with Crippen molar-refractivity contribution >= 4 is 5.97 Å². The van der Waals surface area contributed by atoms with Crippen LogP contribution in [-0.4, -0.2) is 48.8 Å². The lowest BCUT2D eigenvalue weighted by molar-refractivity contribution is -0.150. The number of nitrogens with one attached hydrogen (secondary N) is 1. The number of nitrogens with zero attached hydrogens (tertiary/aromatic N) is 1. The van der Waals surface area contributed by atoms with Gasteiger partial charge < -0.3 is 15.2 Å². The molecule has 1 heterocycles. The summed E-state index contributed by atoms with van der Waals surface area (Å²) in [6.45, 7) is 5.46.